The van der Waals surface area contributed by atoms with Gasteiger partial charge in [-0.15, -0.1) is 0 Å². The van der Waals surface area contributed by atoms with Crippen LogP contribution in [0.5, 0.6) is 0 Å². The summed E-state index contributed by atoms with van der Waals surface area (Å²) < 4.78 is 3.90. The van der Waals surface area contributed by atoms with E-state index in [1.54, 1.807) is 0 Å². The van der Waals surface area contributed by atoms with E-state index in [0.717, 1.165) is 23.4 Å². The third-order valence-electron chi connectivity index (χ3n) is 3.20. The van der Waals surface area contributed by atoms with Gasteiger partial charge < -0.3 is 5.43 Å². The minimum Gasteiger partial charge on any atom is -0.321 e. The summed E-state index contributed by atoms with van der Waals surface area (Å²) >= 11 is 0. The third kappa shape index (κ3) is 2.19. The van der Waals surface area contributed by atoms with E-state index >= 15 is 0 Å². The van der Waals surface area contributed by atoms with Crippen LogP contribution in [0.15, 0.2) is 30.6 Å². The summed E-state index contributed by atoms with van der Waals surface area (Å²) in [7, 11) is 0. The van der Waals surface area contributed by atoms with Gasteiger partial charge in [-0.05, 0) is 32.9 Å². The topological polar surface area (TPSA) is 47.2 Å². The Balaban J connectivity index is 1.81. The van der Waals surface area contributed by atoms with Crippen LogP contribution in [0.2, 0.25) is 0 Å². The van der Waals surface area contributed by atoms with Gasteiger partial charge >= 0.3 is 0 Å². The fraction of sp³-hybridized carbons (Fsp3) is 0.286. The van der Waals surface area contributed by atoms with Crippen LogP contribution in [0.4, 0.5) is 0 Å². The van der Waals surface area contributed by atoms with Crippen LogP contribution in [-0.4, -0.2) is 19.3 Å². The van der Waals surface area contributed by atoms with Crippen molar-refractivity contribution in [3.8, 4) is 0 Å². The Labute approximate surface area is 111 Å². The molecule has 98 valence electrons. The van der Waals surface area contributed by atoms with Crippen molar-refractivity contribution in [3.05, 3.63) is 53.2 Å². The predicted octanol–water partition coefficient (Wildman–Crippen LogP) is 2.20. The summed E-state index contributed by atoms with van der Waals surface area (Å²) in [6.45, 7) is 6.86. The lowest BCUT2D eigenvalue weighted by Crippen LogP contribution is -2.17. The van der Waals surface area contributed by atoms with E-state index in [-0.39, 0.29) is 0 Å². The molecule has 0 unspecified atom stereocenters. The molecule has 3 aromatic rings. The van der Waals surface area contributed by atoms with Crippen molar-refractivity contribution >= 4 is 5.65 Å². The van der Waals surface area contributed by atoms with E-state index < -0.39 is 0 Å². The second kappa shape index (κ2) is 4.42. The molecule has 3 heterocycles. The Hall–Kier alpha value is -2.30. The van der Waals surface area contributed by atoms with E-state index in [4.69, 9.17) is 0 Å². The Morgan fingerprint density at radius 2 is 1.89 bits per heavy atom. The number of aromatic nitrogens is 4. The minimum absolute atomic E-state index is 0.720. The highest BCUT2D eigenvalue weighted by molar-refractivity contribution is 5.39. The van der Waals surface area contributed by atoms with Crippen molar-refractivity contribution in [1.82, 2.24) is 19.3 Å². The minimum atomic E-state index is 0.720. The van der Waals surface area contributed by atoms with Crippen molar-refractivity contribution in [1.29, 1.82) is 0 Å². The van der Waals surface area contributed by atoms with Crippen molar-refractivity contribution in [3.63, 3.8) is 0 Å². The smallest absolute Gasteiger partial charge is 0.155 e. The van der Waals surface area contributed by atoms with E-state index in [9.17, 15) is 0 Å². The van der Waals surface area contributed by atoms with Gasteiger partial charge in [0.05, 0.1) is 12.2 Å². The number of rotatable bonds is 3. The SMILES string of the molecule is Cc1cc2ncc(CNn3c(C)ccc3C)cn2n1. The summed E-state index contributed by atoms with van der Waals surface area (Å²) in [6, 6.07) is 6.17. The van der Waals surface area contributed by atoms with Crippen molar-refractivity contribution in [2.75, 3.05) is 5.43 Å². The third-order valence-corrected chi connectivity index (χ3v) is 3.20. The maximum atomic E-state index is 4.40. The molecule has 0 radical (unpaired) electrons. The number of nitrogens with zero attached hydrogens (tertiary/aromatic N) is 4. The Morgan fingerprint density at radius 3 is 2.63 bits per heavy atom. The number of aryl methyl sites for hydroxylation is 3. The van der Waals surface area contributed by atoms with Gasteiger partial charge in [0.2, 0.25) is 0 Å². The van der Waals surface area contributed by atoms with Gasteiger partial charge in [-0.3, -0.25) is 4.68 Å². The average Bonchev–Trinajstić information content (AvgIpc) is 2.89. The van der Waals surface area contributed by atoms with E-state index in [0.29, 0.717) is 0 Å². The summed E-state index contributed by atoms with van der Waals surface area (Å²) in [5, 5.41) is 4.37. The number of hydrogen-bond acceptors (Lipinski definition) is 3. The predicted molar refractivity (Wildman–Crippen MR) is 74.7 cm³/mol. The Bertz CT molecular complexity index is 703. The van der Waals surface area contributed by atoms with Crippen LogP contribution >= 0.6 is 0 Å². The van der Waals surface area contributed by atoms with Gasteiger partial charge in [0.1, 0.15) is 0 Å². The first-order valence-corrected chi connectivity index (χ1v) is 6.33. The molecule has 0 saturated carbocycles. The standard InChI is InChI=1S/C14H17N5/c1-10-6-14-15-7-13(9-18(14)17-10)8-16-19-11(2)4-5-12(19)3/h4-7,9,16H,8H2,1-3H3. The normalized spacial score (nSPS) is 11.1. The van der Waals surface area contributed by atoms with Crippen LogP contribution < -0.4 is 5.43 Å². The van der Waals surface area contributed by atoms with Crippen LogP contribution in [0.3, 0.4) is 0 Å². The van der Waals surface area contributed by atoms with Gasteiger partial charge in [0.15, 0.2) is 5.65 Å². The summed E-state index contributed by atoms with van der Waals surface area (Å²) in [6.07, 6.45) is 3.90. The maximum absolute atomic E-state index is 4.40. The van der Waals surface area contributed by atoms with Gasteiger partial charge in [-0.2, -0.15) is 5.10 Å². The fourth-order valence-electron chi connectivity index (χ4n) is 2.21. The summed E-state index contributed by atoms with van der Waals surface area (Å²) in [5.41, 5.74) is 8.74. The molecule has 0 fully saturated rings. The Morgan fingerprint density at radius 1 is 1.16 bits per heavy atom. The molecule has 1 N–H and O–H groups in total. The molecule has 0 aliphatic heterocycles. The molecule has 0 aliphatic carbocycles. The molecule has 0 atom stereocenters. The lowest BCUT2D eigenvalue weighted by molar-refractivity contribution is 0.782. The maximum Gasteiger partial charge on any atom is 0.155 e. The van der Waals surface area contributed by atoms with Crippen LogP contribution in [0, 0.1) is 20.8 Å². The Kier molecular flexibility index (Phi) is 2.74. The lowest BCUT2D eigenvalue weighted by atomic mass is 10.3. The van der Waals surface area contributed by atoms with Gasteiger partial charge in [0, 0.05) is 35.4 Å². The summed E-state index contributed by atoms with van der Waals surface area (Å²) in [4.78, 5) is 4.40. The van der Waals surface area contributed by atoms with E-state index in [1.165, 1.54) is 11.4 Å². The number of hydrogen-bond donors (Lipinski definition) is 1. The quantitative estimate of drug-likeness (QED) is 0.780. The van der Waals surface area contributed by atoms with E-state index in [2.05, 4.69) is 46.2 Å². The highest BCUT2D eigenvalue weighted by Crippen LogP contribution is 2.07. The highest BCUT2D eigenvalue weighted by atomic mass is 15.4. The molecule has 0 spiro atoms. The van der Waals surface area contributed by atoms with Gasteiger partial charge in [0.25, 0.3) is 0 Å². The largest absolute Gasteiger partial charge is 0.321 e. The second-order valence-electron chi connectivity index (χ2n) is 4.84. The molecule has 0 bridgehead atoms. The first-order chi connectivity index (χ1) is 9.13. The van der Waals surface area contributed by atoms with Crippen molar-refractivity contribution in [2.45, 2.75) is 27.3 Å². The molecule has 5 heteroatoms. The lowest BCUT2D eigenvalue weighted by Gasteiger charge is -2.12. The molecular formula is C14H17N5. The first kappa shape index (κ1) is 11.8. The van der Waals surface area contributed by atoms with Gasteiger partial charge in [-0.25, -0.2) is 9.50 Å². The molecule has 0 aliphatic rings. The zero-order chi connectivity index (χ0) is 13.4. The summed E-state index contributed by atoms with van der Waals surface area (Å²) in [5.74, 6) is 0. The zero-order valence-corrected chi connectivity index (χ0v) is 11.4. The molecule has 0 amide bonds. The van der Waals surface area contributed by atoms with Crippen LogP contribution in [-0.2, 0) is 6.54 Å². The molecule has 0 aromatic carbocycles. The van der Waals surface area contributed by atoms with Crippen LogP contribution in [0.1, 0.15) is 22.6 Å². The van der Waals surface area contributed by atoms with Crippen molar-refractivity contribution < 1.29 is 0 Å². The molecule has 5 nitrogen and oxygen atoms in total. The monoisotopic (exact) mass is 255 g/mol. The second-order valence-corrected chi connectivity index (χ2v) is 4.84. The first-order valence-electron chi connectivity index (χ1n) is 6.33. The van der Waals surface area contributed by atoms with Crippen LogP contribution in [0.25, 0.3) is 5.65 Å². The number of nitrogens with one attached hydrogen (secondary N) is 1. The molecule has 0 saturated heterocycles. The highest BCUT2D eigenvalue weighted by Gasteiger charge is 2.03. The zero-order valence-electron chi connectivity index (χ0n) is 11.4. The van der Waals surface area contributed by atoms with E-state index in [1.807, 2.05) is 29.9 Å². The van der Waals surface area contributed by atoms with Crippen molar-refractivity contribution in [2.24, 2.45) is 0 Å². The number of fused-ring (bicyclic) bond motifs is 1. The fourth-order valence-corrected chi connectivity index (χ4v) is 2.21. The van der Waals surface area contributed by atoms with Gasteiger partial charge in [-0.1, -0.05) is 0 Å². The molecular weight excluding hydrogens is 238 g/mol. The molecule has 19 heavy (non-hydrogen) atoms. The molecule has 3 aromatic heterocycles. The molecule has 3 rings (SSSR count). The average molecular weight is 255 g/mol.